The highest BCUT2D eigenvalue weighted by Crippen LogP contribution is 2.27. The standard InChI is InChI=1S/C17H14N2/c1-3-6-14(12-19-2)16-10-9-13(11-18)15-7-4-5-8-17(15)16/h3-10,12H,1H2,2H3/b14-6+,19-12?. The molecule has 2 nitrogen and oxygen atoms in total. The summed E-state index contributed by atoms with van der Waals surface area (Å²) in [6.45, 7) is 3.73. The molecule has 0 aliphatic rings. The maximum Gasteiger partial charge on any atom is 0.0998 e. The third-order valence-corrected chi connectivity index (χ3v) is 2.92. The Morgan fingerprint density at radius 2 is 1.95 bits per heavy atom. The normalized spacial score (nSPS) is 11.7. The summed E-state index contributed by atoms with van der Waals surface area (Å²) in [6.07, 6.45) is 5.46. The van der Waals surface area contributed by atoms with Gasteiger partial charge in [0.15, 0.2) is 0 Å². The number of benzene rings is 2. The number of nitriles is 1. The molecule has 0 saturated carbocycles. The molecule has 2 rings (SSSR count). The van der Waals surface area contributed by atoms with Crippen LogP contribution in [-0.4, -0.2) is 13.3 Å². The predicted molar refractivity (Wildman–Crippen MR) is 81.3 cm³/mol. The van der Waals surface area contributed by atoms with E-state index in [-0.39, 0.29) is 0 Å². The highest BCUT2D eigenvalue weighted by Gasteiger charge is 2.07. The van der Waals surface area contributed by atoms with Gasteiger partial charge in [-0.3, -0.25) is 4.99 Å². The van der Waals surface area contributed by atoms with Crippen LogP contribution in [0.4, 0.5) is 0 Å². The number of nitrogens with zero attached hydrogens (tertiary/aromatic N) is 2. The van der Waals surface area contributed by atoms with E-state index < -0.39 is 0 Å². The zero-order valence-corrected chi connectivity index (χ0v) is 10.8. The van der Waals surface area contributed by atoms with Crippen LogP contribution in [-0.2, 0) is 0 Å². The molecule has 0 unspecified atom stereocenters. The lowest BCUT2D eigenvalue weighted by molar-refractivity contribution is 1.47. The number of allylic oxidation sites excluding steroid dienone is 3. The van der Waals surface area contributed by atoms with Gasteiger partial charge in [0.05, 0.1) is 11.6 Å². The van der Waals surface area contributed by atoms with E-state index in [0.717, 1.165) is 21.9 Å². The van der Waals surface area contributed by atoms with Crippen LogP contribution < -0.4 is 0 Å². The minimum atomic E-state index is 0.686. The second kappa shape index (κ2) is 5.79. The van der Waals surface area contributed by atoms with Gasteiger partial charge in [0, 0.05) is 24.2 Å². The van der Waals surface area contributed by atoms with Crippen LogP contribution in [0.5, 0.6) is 0 Å². The van der Waals surface area contributed by atoms with Crippen molar-refractivity contribution < 1.29 is 0 Å². The maximum absolute atomic E-state index is 9.16. The van der Waals surface area contributed by atoms with Crippen LogP contribution >= 0.6 is 0 Å². The molecule has 0 amide bonds. The lowest BCUT2D eigenvalue weighted by Crippen LogP contribution is -1.90. The third kappa shape index (κ3) is 2.46. The number of fused-ring (bicyclic) bond motifs is 1. The van der Waals surface area contributed by atoms with Crippen molar-refractivity contribution >= 4 is 22.6 Å². The lowest BCUT2D eigenvalue weighted by Gasteiger charge is -2.08. The zero-order valence-electron chi connectivity index (χ0n) is 10.8. The summed E-state index contributed by atoms with van der Waals surface area (Å²) in [5.41, 5.74) is 2.73. The number of aliphatic imine (C=N–C) groups is 1. The van der Waals surface area contributed by atoms with Crippen LogP contribution in [0.2, 0.25) is 0 Å². The molecular formula is C17H14N2. The highest BCUT2D eigenvalue weighted by molar-refractivity contribution is 6.15. The average molecular weight is 246 g/mol. The molecular weight excluding hydrogens is 232 g/mol. The quantitative estimate of drug-likeness (QED) is 0.596. The van der Waals surface area contributed by atoms with E-state index in [0.29, 0.717) is 5.56 Å². The predicted octanol–water partition coefficient (Wildman–Crippen LogP) is 3.98. The van der Waals surface area contributed by atoms with Crippen LogP contribution in [0.25, 0.3) is 16.3 Å². The van der Waals surface area contributed by atoms with E-state index in [2.05, 4.69) is 17.6 Å². The fraction of sp³-hybridized carbons (Fsp3) is 0.0588. The van der Waals surface area contributed by atoms with Gasteiger partial charge in [-0.05, 0) is 17.0 Å². The Bertz CT molecular complexity index is 716. The fourth-order valence-corrected chi connectivity index (χ4v) is 2.12. The third-order valence-electron chi connectivity index (χ3n) is 2.92. The van der Waals surface area contributed by atoms with Gasteiger partial charge in [0.25, 0.3) is 0 Å². The molecule has 0 fully saturated rings. The molecule has 0 aliphatic carbocycles. The Labute approximate surface area is 113 Å². The molecule has 0 bridgehead atoms. The first-order valence-corrected chi connectivity index (χ1v) is 5.99. The van der Waals surface area contributed by atoms with Gasteiger partial charge in [-0.2, -0.15) is 5.26 Å². The van der Waals surface area contributed by atoms with Gasteiger partial charge in [-0.15, -0.1) is 0 Å². The van der Waals surface area contributed by atoms with E-state index in [1.807, 2.05) is 42.5 Å². The largest absolute Gasteiger partial charge is 0.296 e. The Morgan fingerprint density at radius 3 is 2.58 bits per heavy atom. The Balaban J connectivity index is 2.79. The molecule has 2 aromatic rings. The van der Waals surface area contributed by atoms with Gasteiger partial charge in [0.2, 0.25) is 0 Å². The summed E-state index contributed by atoms with van der Waals surface area (Å²) in [5.74, 6) is 0. The molecule has 0 aliphatic heterocycles. The van der Waals surface area contributed by atoms with Crippen LogP contribution in [0, 0.1) is 11.3 Å². The molecule has 2 heteroatoms. The molecule has 0 N–H and O–H groups in total. The number of rotatable bonds is 3. The van der Waals surface area contributed by atoms with Crippen molar-refractivity contribution in [3.05, 3.63) is 66.3 Å². The Hall–Kier alpha value is -2.66. The van der Waals surface area contributed by atoms with Gasteiger partial charge in [-0.25, -0.2) is 0 Å². The van der Waals surface area contributed by atoms with Crippen molar-refractivity contribution in [1.82, 2.24) is 0 Å². The molecule has 0 heterocycles. The van der Waals surface area contributed by atoms with E-state index >= 15 is 0 Å². The average Bonchev–Trinajstić information content (AvgIpc) is 2.46. The minimum Gasteiger partial charge on any atom is -0.296 e. The molecule has 92 valence electrons. The van der Waals surface area contributed by atoms with Gasteiger partial charge in [-0.1, -0.05) is 49.1 Å². The smallest absolute Gasteiger partial charge is 0.0998 e. The Morgan fingerprint density at radius 1 is 1.21 bits per heavy atom. The summed E-state index contributed by atoms with van der Waals surface area (Å²) in [7, 11) is 1.74. The summed E-state index contributed by atoms with van der Waals surface area (Å²) >= 11 is 0. The van der Waals surface area contributed by atoms with E-state index in [9.17, 15) is 0 Å². The molecule has 0 spiro atoms. The lowest BCUT2D eigenvalue weighted by atomic mass is 9.95. The van der Waals surface area contributed by atoms with Crippen molar-refractivity contribution in [2.24, 2.45) is 4.99 Å². The summed E-state index contributed by atoms with van der Waals surface area (Å²) < 4.78 is 0. The first-order valence-electron chi connectivity index (χ1n) is 5.99. The molecule has 0 atom stereocenters. The van der Waals surface area contributed by atoms with Crippen molar-refractivity contribution in [2.45, 2.75) is 0 Å². The SMILES string of the molecule is C=C/C=C(\C=NC)c1ccc(C#N)c2ccccc12. The summed E-state index contributed by atoms with van der Waals surface area (Å²) in [4.78, 5) is 4.07. The van der Waals surface area contributed by atoms with Gasteiger partial charge >= 0.3 is 0 Å². The van der Waals surface area contributed by atoms with Gasteiger partial charge in [0.1, 0.15) is 0 Å². The van der Waals surface area contributed by atoms with Crippen LogP contribution in [0.1, 0.15) is 11.1 Å². The zero-order chi connectivity index (χ0) is 13.7. The number of hydrogen-bond acceptors (Lipinski definition) is 2. The minimum absolute atomic E-state index is 0.686. The van der Waals surface area contributed by atoms with Gasteiger partial charge < -0.3 is 0 Å². The van der Waals surface area contributed by atoms with Crippen LogP contribution in [0.15, 0.2) is 60.1 Å². The van der Waals surface area contributed by atoms with Crippen molar-refractivity contribution in [1.29, 1.82) is 5.26 Å². The van der Waals surface area contributed by atoms with E-state index in [1.165, 1.54) is 0 Å². The topological polar surface area (TPSA) is 36.1 Å². The summed E-state index contributed by atoms with van der Waals surface area (Å²) in [5, 5.41) is 11.2. The van der Waals surface area contributed by atoms with E-state index in [4.69, 9.17) is 5.26 Å². The van der Waals surface area contributed by atoms with Crippen molar-refractivity contribution in [3.63, 3.8) is 0 Å². The molecule has 19 heavy (non-hydrogen) atoms. The second-order valence-corrected chi connectivity index (χ2v) is 4.06. The molecule has 0 aromatic heterocycles. The van der Waals surface area contributed by atoms with Crippen molar-refractivity contribution in [2.75, 3.05) is 7.05 Å². The van der Waals surface area contributed by atoms with Crippen molar-refractivity contribution in [3.8, 4) is 6.07 Å². The monoisotopic (exact) mass is 246 g/mol. The Kier molecular flexibility index (Phi) is 3.90. The maximum atomic E-state index is 9.16. The number of hydrogen-bond donors (Lipinski definition) is 0. The molecule has 0 radical (unpaired) electrons. The van der Waals surface area contributed by atoms with Crippen LogP contribution in [0.3, 0.4) is 0 Å². The highest BCUT2D eigenvalue weighted by atomic mass is 14.6. The molecule has 0 saturated heterocycles. The van der Waals surface area contributed by atoms with E-state index in [1.54, 1.807) is 19.3 Å². The summed E-state index contributed by atoms with van der Waals surface area (Å²) in [6, 6.07) is 13.9. The first kappa shape index (κ1) is 12.8. The molecule has 2 aromatic carbocycles. The second-order valence-electron chi connectivity index (χ2n) is 4.06. The first-order chi connectivity index (χ1) is 9.31. The fourth-order valence-electron chi connectivity index (χ4n) is 2.12.